The van der Waals surface area contributed by atoms with Gasteiger partial charge in [0.2, 0.25) is 0 Å². The fourth-order valence-corrected chi connectivity index (χ4v) is 6.76. The van der Waals surface area contributed by atoms with Crippen molar-refractivity contribution in [2.24, 2.45) is 15.3 Å². The van der Waals surface area contributed by atoms with Crippen molar-refractivity contribution in [2.75, 3.05) is 0 Å². The Balaban J connectivity index is 1.33. The molecule has 0 radical (unpaired) electrons. The lowest BCUT2D eigenvalue weighted by molar-refractivity contribution is 0.265. The molecule has 0 amide bonds. The van der Waals surface area contributed by atoms with Crippen LogP contribution in [0.15, 0.2) is 197 Å². The van der Waals surface area contributed by atoms with E-state index in [2.05, 4.69) is 197 Å². The highest BCUT2D eigenvalue weighted by atomic mass is 15.5. The molecule has 6 aromatic rings. The van der Waals surface area contributed by atoms with E-state index in [-0.39, 0.29) is 0 Å². The standard InChI is InChI=1S/C48H48N6/c1-7-20-40(21-8-1)34-52(35-41-22-9-2-10-23-41)49-46-32-19-33-47(50-53(36-42-24-11-3-12-25-42)37-43-26-13-4-14-27-43)48(46)51-54(38-44-28-15-5-16-29-44)39-45-30-17-6-18-31-45/h1-18,20-31H,19,32-39H2/b49-46-,50-47+,51-48?. The van der Waals surface area contributed by atoms with Crippen LogP contribution in [0.4, 0.5) is 0 Å². The predicted molar refractivity (Wildman–Crippen MR) is 223 cm³/mol. The molecular formula is C48H48N6. The number of benzene rings is 6. The van der Waals surface area contributed by atoms with Crippen molar-refractivity contribution < 1.29 is 0 Å². The van der Waals surface area contributed by atoms with Gasteiger partial charge in [-0.15, -0.1) is 0 Å². The molecule has 1 saturated carbocycles. The van der Waals surface area contributed by atoms with Crippen molar-refractivity contribution >= 4 is 17.1 Å². The summed E-state index contributed by atoms with van der Waals surface area (Å²) in [6.07, 6.45) is 2.59. The smallest absolute Gasteiger partial charge is 0.130 e. The Labute approximate surface area is 320 Å². The maximum atomic E-state index is 5.56. The van der Waals surface area contributed by atoms with Crippen molar-refractivity contribution in [3.63, 3.8) is 0 Å². The van der Waals surface area contributed by atoms with Gasteiger partial charge in [-0.25, -0.2) is 0 Å². The zero-order valence-electron chi connectivity index (χ0n) is 30.9. The fraction of sp³-hybridized carbons (Fsp3) is 0.188. The molecule has 6 heteroatoms. The largest absolute Gasteiger partial charge is 0.288 e. The summed E-state index contributed by atoms with van der Waals surface area (Å²) in [5.41, 5.74) is 10.1. The van der Waals surface area contributed by atoms with Crippen LogP contribution in [-0.2, 0) is 39.3 Å². The van der Waals surface area contributed by atoms with Crippen molar-refractivity contribution in [3.05, 3.63) is 215 Å². The van der Waals surface area contributed by atoms with Gasteiger partial charge in [-0.1, -0.05) is 182 Å². The zero-order valence-corrected chi connectivity index (χ0v) is 30.9. The third-order valence-corrected chi connectivity index (χ3v) is 9.39. The Morgan fingerprint density at radius 2 is 0.519 bits per heavy atom. The molecular weight excluding hydrogens is 661 g/mol. The summed E-state index contributed by atoms with van der Waals surface area (Å²) in [5.74, 6) is 0. The van der Waals surface area contributed by atoms with Crippen molar-refractivity contribution in [2.45, 2.75) is 58.5 Å². The van der Waals surface area contributed by atoms with E-state index in [4.69, 9.17) is 15.3 Å². The molecule has 1 fully saturated rings. The van der Waals surface area contributed by atoms with E-state index in [0.29, 0.717) is 39.3 Å². The van der Waals surface area contributed by atoms with Gasteiger partial charge >= 0.3 is 0 Å². The second-order valence-corrected chi connectivity index (χ2v) is 13.8. The summed E-state index contributed by atoms with van der Waals surface area (Å²) in [7, 11) is 0. The highest BCUT2D eigenvalue weighted by Gasteiger charge is 2.26. The quantitative estimate of drug-likeness (QED) is 0.0998. The van der Waals surface area contributed by atoms with Gasteiger partial charge in [-0.3, -0.25) is 15.0 Å². The molecule has 0 bridgehead atoms. The van der Waals surface area contributed by atoms with Crippen LogP contribution < -0.4 is 0 Å². The first-order chi connectivity index (χ1) is 26.7. The van der Waals surface area contributed by atoms with Crippen LogP contribution in [0.25, 0.3) is 0 Å². The van der Waals surface area contributed by atoms with Gasteiger partial charge < -0.3 is 0 Å². The van der Waals surface area contributed by atoms with Crippen molar-refractivity contribution in [3.8, 4) is 0 Å². The molecule has 1 aliphatic carbocycles. The van der Waals surface area contributed by atoms with Crippen LogP contribution in [0.2, 0.25) is 0 Å². The van der Waals surface area contributed by atoms with Gasteiger partial charge in [0, 0.05) is 0 Å². The number of rotatable bonds is 15. The van der Waals surface area contributed by atoms with E-state index >= 15 is 0 Å². The van der Waals surface area contributed by atoms with Crippen molar-refractivity contribution in [1.82, 2.24) is 15.0 Å². The summed E-state index contributed by atoms with van der Waals surface area (Å²) in [6, 6.07) is 63.6. The number of hydrazone groups is 3. The topological polar surface area (TPSA) is 46.8 Å². The molecule has 0 saturated heterocycles. The van der Waals surface area contributed by atoms with Gasteiger partial charge in [0.15, 0.2) is 0 Å². The summed E-state index contributed by atoms with van der Waals surface area (Å²) in [6.45, 7) is 4.07. The van der Waals surface area contributed by atoms with Gasteiger partial charge in [0.25, 0.3) is 0 Å². The Kier molecular flexibility index (Phi) is 12.7. The third-order valence-electron chi connectivity index (χ3n) is 9.39. The van der Waals surface area contributed by atoms with Crippen LogP contribution in [0.5, 0.6) is 0 Å². The summed E-state index contributed by atoms with van der Waals surface area (Å²) >= 11 is 0. The van der Waals surface area contributed by atoms with E-state index < -0.39 is 0 Å². The average molecular weight is 709 g/mol. The van der Waals surface area contributed by atoms with Crippen LogP contribution in [0.1, 0.15) is 52.6 Å². The SMILES string of the molecule is c1ccc(CN(Cc2ccccc2)N=C2/C(=N\N(Cc3ccccc3)Cc3ccccc3)CCC/C2=N\N(Cc2ccccc2)Cc2ccccc2)cc1. The van der Waals surface area contributed by atoms with Crippen LogP contribution in [-0.4, -0.2) is 32.2 Å². The van der Waals surface area contributed by atoms with E-state index in [0.717, 1.165) is 36.4 Å². The molecule has 1 aliphatic rings. The Morgan fingerprint density at radius 1 is 0.296 bits per heavy atom. The fourth-order valence-electron chi connectivity index (χ4n) is 6.76. The van der Waals surface area contributed by atoms with Gasteiger partial charge in [-0.2, -0.15) is 15.3 Å². The molecule has 0 aromatic heterocycles. The molecule has 0 heterocycles. The first kappa shape index (κ1) is 36.1. The van der Waals surface area contributed by atoms with Crippen LogP contribution in [0, 0.1) is 0 Å². The van der Waals surface area contributed by atoms with E-state index in [9.17, 15) is 0 Å². The summed E-state index contributed by atoms with van der Waals surface area (Å²) < 4.78 is 0. The number of hydrogen-bond donors (Lipinski definition) is 0. The molecule has 0 spiro atoms. The minimum Gasteiger partial charge on any atom is -0.288 e. The number of hydrogen-bond acceptors (Lipinski definition) is 6. The highest BCUT2D eigenvalue weighted by Crippen LogP contribution is 2.21. The Bertz CT molecular complexity index is 1850. The van der Waals surface area contributed by atoms with E-state index in [1.807, 2.05) is 0 Å². The highest BCUT2D eigenvalue weighted by molar-refractivity contribution is 6.69. The Morgan fingerprint density at radius 3 is 0.759 bits per heavy atom. The first-order valence-corrected chi connectivity index (χ1v) is 19.0. The minimum absolute atomic E-state index is 0.662. The lowest BCUT2D eigenvalue weighted by Crippen LogP contribution is -2.36. The number of nitrogens with zero attached hydrogens (tertiary/aromatic N) is 6. The minimum atomic E-state index is 0.662. The second kappa shape index (κ2) is 19.0. The lowest BCUT2D eigenvalue weighted by atomic mass is 9.94. The Hall–Kier alpha value is -6.27. The van der Waals surface area contributed by atoms with Gasteiger partial charge in [0.1, 0.15) is 5.71 Å². The second-order valence-electron chi connectivity index (χ2n) is 13.8. The summed E-state index contributed by atoms with van der Waals surface area (Å²) in [5, 5.41) is 23.1. The maximum absolute atomic E-state index is 5.56. The molecule has 0 atom stereocenters. The van der Waals surface area contributed by atoms with Gasteiger partial charge in [0.05, 0.1) is 50.7 Å². The van der Waals surface area contributed by atoms with E-state index in [1.165, 1.54) is 33.4 Å². The van der Waals surface area contributed by atoms with Crippen LogP contribution in [0.3, 0.4) is 0 Å². The third kappa shape index (κ3) is 10.9. The first-order valence-electron chi connectivity index (χ1n) is 19.0. The molecule has 7 rings (SSSR count). The molecule has 0 aliphatic heterocycles. The molecule has 54 heavy (non-hydrogen) atoms. The molecule has 6 nitrogen and oxygen atoms in total. The molecule has 0 unspecified atom stereocenters. The van der Waals surface area contributed by atoms with Crippen molar-refractivity contribution in [1.29, 1.82) is 0 Å². The van der Waals surface area contributed by atoms with E-state index in [1.54, 1.807) is 0 Å². The monoisotopic (exact) mass is 708 g/mol. The normalized spacial score (nSPS) is 15.0. The average Bonchev–Trinajstić information content (AvgIpc) is 3.21. The molecule has 6 aromatic carbocycles. The maximum Gasteiger partial charge on any atom is 0.130 e. The van der Waals surface area contributed by atoms with Gasteiger partial charge in [-0.05, 0) is 52.6 Å². The summed E-state index contributed by atoms with van der Waals surface area (Å²) in [4.78, 5) is 0. The zero-order chi connectivity index (χ0) is 36.6. The predicted octanol–water partition coefficient (Wildman–Crippen LogP) is 10.3. The molecule has 0 N–H and O–H groups in total. The van der Waals surface area contributed by atoms with Crippen LogP contribution >= 0.6 is 0 Å². The molecule has 270 valence electrons. The lowest BCUT2D eigenvalue weighted by Gasteiger charge is -2.28.